The lowest BCUT2D eigenvalue weighted by molar-refractivity contribution is -0.151. The fourth-order valence-corrected chi connectivity index (χ4v) is 5.16. The Labute approximate surface area is 185 Å². The van der Waals surface area contributed by atoms with Crippen LogP contribution in [-0.4, -0.2) is 44.3 Å². The van der Waals surface area contributed by atoms with Gasteiger partial charge in [-0.15, -0.1) is 0 Å². The number of ether oxygens (including phenoxy) is 3. The lowest BCUT2D eigenvalue weighted by Gasteiger charge is -2.28. The molecule has 0 N–H and O–H groups in total. The molecule has 2 aliphatic rings. The summed E-state index contributed by atoms with van der Waals surface area (Å²) >= 11 is 0. The third kappa shape index (κ3) is 4.57. The van der Waals surface area contributed by atoms with E-state index in [2.05, 4.69) is 41.3 Å². The molecule has 5 nitrogen and oxygen atoms in total. The maximum Gasteiger partial charge on any atom is 0.313 e. The number of carbonyl (C=O) groups is 1. The first-order chi connectivity index (χ1) is 15.0. The molecule has 2 aromatic rings. The van der Waals surface area contributed by atoms with Crippen LogP contribution in [0.1, 0.15) is 49.7 Å². The van der Waals surface area contributed by atoms with E-state index in [0.29, 0.717) is 6.54 Å². The van der Waals surface area contributed by atoms with E-state index in [1.165, 1.54) is 25.5 Å². The zero-order chi connectivity index (χ0) is 21.8. The van der Waals surface area contributed by atoms with Crippen molar-refractivity contribution in [2.75, 3.05) is 27.3 Å². The lowest BCUT2D eigenvalue weighted by Crippen LogP contribution is -2.36. The van der Waals surface area contributed by atoms with E-state index in [1.807, 2.05) is 19.1 Å². The van der Waals surface area contributed by atoms with Crippen molar-refractivity contribution in [1.29, 1.82) is 0 Å². The van der Waals surface area contributed by atoms with Crippen LogP contribution in [0.2, 0.25) is 0 Å². The molecule has 0 spiro atoms. The van der Waals surface area contributed by atoms with Crippen LogP contribution >= 0.6 is 0 Å². The van der Waals surface area contributed by atoms with Crippen LogP contribution in [0.4, 0.5) is 0 Å². The molecule has 0 amide bonds. The average molecular weight is 424 g/mol. The monoisotopic (exact) mass is 423 g/mol. The Hall–Kier alpha value is -2.53. The third-order valence-corrected chi connectivity index (χ3v) is 6.85. The SMILES string of the molecule is COC(=O)[C@]1(C)CN(Cc2ccccc2)C[C@H]1c1ccc(OC)c(OC2CCCC2)c1. The molecule has 1 aliphatic carbocycles. The van der Waals surface area contributed by atoms with Crippen molar-refractivity contribution >= 4 is 5.97 Å². The van der Waals surface area contributed by atoms with Gasteiger partial charge in [-0.05, 0) is 55.9 Å². The maximum atomic E-state index is 12.9. The zero-order valence-corrected chi connectivity index (χ0v) is 18.8. The van der Waals surface area contributed by atoms with Crippen molar-refractivity contribution in [2.24, 2.45) is 5.41 Å². The van der Waals surface area contributed by atoms with Crippen molar-refractivity contribution in [3.63, 3.8) is 0 Å². The Morgan fingerprint density at radius 2 is 1.81 bits per heavy atom. The Morgan fingerprint density at radius 1 is 1.06 bits per heavy atom. The average Bonchev–Trinajstić information content (AvgIpc) is 3.42. The minimum absolute atomic E-state index is 0.0143. The number of likely N-dealkylation sites (tertiary alicyclic amines) is 1. The van der Waals surface area contributed by atoms with Crippen LogP contribution in [0, 0.1) is 5.41 Å². The van der Waals surface area contributed by atoms with Crippen molar-refractivity contribution in [3.8, 4) is 11.5 Å². The molecule has 2 aromatic carbocycles. The summed E-state index contributed by atoms with van der Waals surface area (Å²) in [5.74, 6) is 1.37. The fraction of sp³-hybridized carbons (Fsp3) is 0.500. The second kappa shape index (κ2) is 9.31. The first-order valence-electron chi connectivity index (χ1n) is 11.2. The molecule has 1 heterocycles. The lowest BCUT2D eigenvalue weighted by atomic mass is 9.76. The van der Waals surface area contributed by atoms with Gasteiger partial charge in [0, 0.05) is 25.6 Å². The molecular formula is C26H33NO4. The molecule has 0 aromatic heterocycles. The van der Waals surface area contributed by atoms with E-state index < -0.39 is 5.41 Å². The Kier molecular flexibility index (Phi) is 6.51. The predicted molar refractivity (Wildman–Crippen MR) is 120 cm³/mol. The molecule has 1 aliphatic heterocycles. The summed E-state index contributed by atoms with van der Waals surface area (Å²) < 4.78 is 17.1. The number of esters is 1. The number of hydrogen-bond donors (Lipinski definition) is 0. The van der Waals surface area contributed by atoms with Crippen LogP contribution in [0.3, 0.4) is 0 Å². The van der Waals surface area contributed by atoms with E-state index in [0.717, 1.165) is 43.0 Å². The summed E-state index contributed by atoms with van der Waals surface area (Å²) in [6.45, 7) is 4.28. The van der Waals surface area contributed by atoms with Gasteiger partial charge in [-0.3, -0.25) is 9.69 Å². The van der Waals surface area contributed by atoms with Gasteiger partial charge in [-0.25, -0.2) is 0 Å². The van der Waals surface area contributed by atoms with Gasteiger partial charge in [0.15, 0.2) is 11.5 Å². The van der Waals surface area contributed by atoms with Crippen molar-refractivity contribution in [2.45, 2.75) is 51.2 Å². The van der Waals surface area contributed by atoms with Crippen molar-refractivity contribution in [3.05, 3.63) is 59.7 Å². The summed E-state index contributed by atoms with van der Waals surface area (Å²) in [4.78, 5) is 15.2. The first-order valence-corrected chi connectivity index (χ1v) is 11.2. The Bertz CT molecular complexity index is 894. The van der Waals surface area contributed by atoms with Crippen LogP contribution in [-0.2, 0) is 16.1 Å². The van der Waals surface area contributed by atoms with Gasteiger partial charge in [0.05, 0.1) is 25.7 Å². The number of carbonyl (C=O) groups excluding carboxylic acids is 1. The highest BCUT2D eigenvalue weighted by Gasteiger charge is 2.50. The summed E-state index contributed by atoms with van der Waals surface area (Å²) in [5, 5.41) is 0. The quantitative estimate of drug-likeness (QED) is 0.599. The number of hydrogen-bond acceptors (Lipinski definition) is 5. The van der Waals surface area contributed by atoms with Gasteiger partial charge >= 0.3 is 5.97 Å². The number of methoxy groups -OCH3 is 2. The van der Waals surface area contributed by atoms with E-state index in [1.54, 1.807) is 7.11 Å². The standard InChI is InChI=1S/C26H33NO4/c1-26(25(28)30-3)18-27(16-19-9-5-4-6-10-19)17-22(26)20-13-14-23(29-2)24(15-20)31-21-11-7-8-12-21/h4-6,9-10,13-15,21-22H,7-8,11-12,16-18H2,1-3H3/t22-,26+/m0/s1. The van der Waals surface area contributed by atoms with Gasteiger partial charge in [0.25, 0.3) is 0 Å². The second-order valence-corrected chi connectivity index (χ2v) is 9.05. The van der Waals surface area contributed by atoms with Crippen LogP contribution in [0.25, 0.3) is 0 Å². The highest BCUT2D eigenvalue weighted by Crippen LogP contribution is 2.46. The molecule has 2 fully saturated rings. The fourth-order valence-electron chi connectivity index (χ4n) is 5.16. The zero-order valence-electron chi connectivity index (χ0n) is 18.8. The van der Waals surface area contributed by atoms with Crippen molar-refractivity contribution in [1.82, 2.24) is 4.90 Å². The van der Waals surface area contributed by atoms with Crippen LogP contribution in [0.15, 0.2) is 48.5 Å². The Balaban J connectivity index is 1.62. The third-order valence-electron chi connectivity index (χ3n) is 6.85. The van der Waals surface area contributed by atoms with E-state index in [4.69, 9.17) is 14.2 Å². The second-order valence-electron chi connectivity index (χ2n) is 9.05. The van der Waals surface area contributed by atoms with E-state index >= 15 is 0 Å². The largest absolute Gasteiger partial charge is 0.493 e. The minimum atomic E-state index is -0.622. The topological polar surface area (TPSA) is 48.0 Å². The van der Waals surface area contributed by atoms with Gasteiger partial charge in [-0.2, -0.15) is 0 Å². The molecule has 0 unspecified atom stereocenters. The number of benzene rings is 2. The van der Waals surface area contributed by atoms with Gasteiger partial charge < -0.3 is 14.2 Å². The molecule has 1 saturated carbocycles. The summed E-state index contributed by atoms with van der Waals surface area (Å²) in [6.07, 6.45) is 4.84. The van der Waals surface area contributed by atoms with Gasteiger partial charge in [-0.1, -0.05) is 36.4 Å². The molecule has 4 rings (SSSR count). The highest BCUT2D eigenvalue weighted by molar-refractivity contribution is 5.78. The van der Waals surface area contributed by atoms with E-state index in [-0.39, 0.29) is 18.0 Å². The molecule has 0 radical (unpaired) electrons. The van der Waals surface area contributed by atoms with Crippen molar-refractivity contribution < 1.29 is 19.0 Å². The molecule has 5 heteroatoms. The number of rotatable bonds is 7. The molecule has 2 atom stereocenters. The number of nitrogens with zero attached hydrogens (tertiary/aromatic N) is 1. The predicted octanol–water partition coefficient (Wildman–Crippen LogP) is 4.80. The van der Waals surface area contributed by atoms with Crippen LogP contribution in [0.5, 0.6) is 11.5 Å². The molecular weight excluding hydrogens is 390 g/mol. The smallest absolute Gasteiger partial charge is 0.313 e. The van der Waals surface area contributed by atoms with E-state index in [9.17, 15) is 4.79 Å². The first kappa shape index (κ1) is 21.7. The maximum absolute atomic E-state index is 12.9. The molecule has 31 heavy (non-hydrogen) atoms. The molecule has 166 valence electrons. The van der Waals surface area contributed by atoms with Gasteiger partial charge in [0.2, 0.25) is 0 Å². The minimum Gasteiger partial charge on any atom is -0.493 e. The normalized spacial score (nSPS) is 24.3. The van der Waals surface area contributed by atoms with Gasteiger partial charge in [0.1, 0.15) is 0 Å². The molecule has 0 bridgehead atoms. The Morgan fingerprint density at radius 3 is 2.48 bits per heavy atom. The van der Waals surface area contributed by atoms with Crippen LogP contribution < -0.4 is 9.47 Å². The molecule has 1 saturated heterocycles. The highest BCUT2D eigenvalue weighted by atomic mass is 16.5. The summed E-state index contributed by atoms with van der Waals surface area (Å²) in [6, 6.07) is 16.5. The summed E-state index contributed by atoms with van der Waals surface area (Å²) in [5.41, 5.74) is 1.72. The summed E-state index contributed by atoms with van der Waals surface area (Å²) in [7, 11) is 3.15.